The third-order valence-corrected chi connectivity index (χ3v) is 5.27. The molecule has 2 aromatic rings. The second kappa shape index (κ2) is 9.47. The highest BCUT2D eigenvalue weighted by Crippen LogP contribution is 2.18. The quantitative estimate of drug-likeness (QED) is 0.733. The zero-order chi connectivity index (χ0) is 18.2. The van der Waals surface area contributed by atoms with Crippen LogP contribution in [0.15, 0.2) is 24.3 Å². The Kier molecular flexibility index (Phi) is 7.32. The molecule has 0 aliphatic carbocycles. The molecule has 1 heterocycles. The van der Waals surface area contributed by atoms with Gasteiger partial charge in [0.05, 0.1) is 5.75 Å². The number of aromatic nitrogens is 2. The summed E-state index contributed by atoms with van der Waals surface area (Å²) in [5.41, 5.74) is 0.359. The van der Waals surface area contributed by atoms with Crippen molar-refractivity contribution in [3.63, 3.8) is 0 Å². The SMILES string of the molecule is CC[C@@H](C)NC(=O)CSCc1nnc(C(=O)Nc2cccc(F)c2)s1. The Balaban J connectivity index is 1.81. The van der Waals surface area contributed by atoms with Crippen LogP contribution in [-0.2, 0) is 10.5 Å². The first-order chi connectivity index (χ1) is 12.0. The molecule has 0 fully saturated rings. The van der Waals surface area contributed by atoms with Crippen LogP contribution in [0.1, 0.15) is 35.1 Å². The zero-order valence-corrected chi connectivity index (χ0v) is 15.5. The average molecular weight is 382 g/mol. The molecule has 134 valence electrons. The van der Waals surface area contributed by atoms with Gasteiger partial charge < -0.3 is 10.6 Å². The summed E-state index contributed by atoms with van der Waals surface area (Å²) < 4.78 is 13.1. The van der Waals surface area contributed by atoms with Crippen molar-refractivity contribution < 1.29 is 14.0 Å². The number of thioether (sulfide) groups is 1. The summed E-state index contributed by atoms with van der Waals surface area (Å²) in [7, 11) is 0. The molecule has 2 amide bonds. The smallest absolute Gasteiger partial charge is 0.286 e. The topological polar surface area (TPSA) is 84.0 Å². The van der Waals surface area contributed by atoms with Crippen LogP contribution in [0.2, 0.25) is 0 Å². The molecule has 6 nitrogen and oxygen atoms in total. The predicted molar refractivity (Wildman–Crippen MR) is 98.3 cm³/mol. The van der Waals surface area contributed by atoms with Gasteiger partial charge in [0.1, 0.15) is 10.8 Å². The van der Waals surface area contributed by atoms with E-state index in [4.69, 9.17) is 0 Å². The Labute approximate surface area is 153 Å². The number of rotatable bonds is 8. The summed E-state index contributed by atoms with van der Waals surface area (Å²) >= 11 is 2.57. The van der Waals surface area contributed by atoms with Gasteiger partial charge in [-0.15, -0.1) is 22.0 Å². The number of halogens is 1. The number of nitrogens with one attached hydrogen (secondary N) is 2. The molecule has 25 heavy (non-hydrogen) atoms. The van der Waals surface area contributed by atoms with Crippen molar-refractivity contribution in [2.75, 3.05) is 11.1 Å². The fraction of sp³-hybridized carbons (Fsp3) is 0.375. The Morgan fingerprint density at radius 1 is 1.36 bits per heavy atom. The molecule has 0 spiro atoms. The lowest BCUT2D eigenvalue weighted by atomic mass is 10.3. The van der Waals surface area contributed by atoms with Crippen LogP contribution in [0.5, 0.6) is 0 Å². The highest BCUT2D eigenvalue weighted by atomic mass is 32.2. The molecule has 0 unspecified atom stereocenters. The lowest BCUT2D eigenvalue weighted by Gasteiger charge is -2.10. The van der Waals surface area contributed by atoms with Crippen LogP contribution in [0.3, 0.4) is 0 Å². The first kappa shape index (κ1) is 19.3. The van der Waals surface area contributed by atoms with Crippen molar-refractivity contribution >= 4 is 40.6 Å². The number of hydrogen-bond acceptors (Lipinski definition) is 6. The molecule has 0 saturated heterocycles. The van der Waals surface area contributed by atoms with E-state index in [9.17, 15) is 14.0 Å². The summed E-state index contributed by atoms with van der Waals surface area (Å²) in [5.74, 6) is -0.0576. The van der Waals surface area contributed by atoms with Crippen LogP contribution < -0.4 is 10.6 Å². The Hall–Kier alpha value is -2.00. The van der Waals surface area contributed by atoms with E-state index < -0.39 is 11.7 Å². The number of carbonyl (C=O) groups excluding carboxylic acids is 2. The van der Waals surface area contributed by atoms with E-state index in [1.165, 1.54) is 30.0 Å². The first-order valence-corrected chi connectivity index (χ1v) is 9.71. The number of anilines is 1. The van der Waals surface area contributed by atoms with Crippen molar-refractivity contribution in [1.29, 1.82) is 0 Å². The standard InChI is InChI=1S/C16H19FN4O2S2/c1-3-10(2)18-13(22)8-24-9-14-20-21-16(25-14)15(23)19-12-6-4-5-11(17)7-12/h4-7,10H,3,8-9H2,1-2H3,(H,18,22)(H,19,23)/t10-/m1/s1. The summed E-state index contributed by atoms with van der Waals surface area (Å²) in [6, 6.07) is 5.79. The molecule has 0 aliphatic rings. The van der Waals surface area contributed by atoms with Gasteiger partial charge in [0.15, 0.2) is 0 Å². The maximum Gasteiger partial charge on any atom is 0.286 e. The lowest BCUT2D eigenvalue weighted by molar-refractivity contribution is -0.119. The van der Waals surface area contributed by atoms with Gasteiger partial charge in [0.25, 0.3) is 5.91 Å². The zero-order valence-electron chi connectivity index (χ0n) is 13.9. The van der Waals surface area contributed by atoms with Gasteiger partial charge in [-0.05, 0) is 31.5 Å². The molecule has 0 aliphatic heterocycles. The predicted octanol–water partition coefficient (Wildman–Crippen LogP) is 3.08. The molecule has 1 atom stereocenters. The third kappa shape index (κ3) is 6.43. The van der Waals surface area contributed by atoms with Crippen molar-refractivity contribution in [3.8, 4) is 0 Å². The molecule has 2 rings (SSSR count). The van der Waals surface area contributed by atoms with E-state index >= 15 is 0 Å². The van der Waals surface area contributed by atoms with Crippen molar-refractivity contribution in [2.45, 2.75) is 32.1 Å². The van der Waals surface area contributed by atoms with Gasteiger partial charge in [-0.25, -0.2) is 4.39 Å². The minimum atomic E-state index is -0.436. The summed E-state index contributed by atoms with van der Waals surface area (Å²) in [6.07, 6.45) is 0.886. The second-order valence-corrected chi connectivity index (χ2v) is 7.38. The van der Waals surface area contributed by atoms with Gasteiger partial charge in [-0.3, -0.25) is 9.59 Å². The Morgan fingerprint density at radius 3 is 2.88 bits per heavy atom. The molecule has 0 radical (unpaired) electrons. The minimum Gasteiger partial charge on any atom is -0.353 e. The highest BCUT2D eigenvalue weighted by molar-refractivity contribution is 7.99. The number of amides is 2. The van der Waals surface area contributed by atoms with Crippen LogP contribution in [0.25, 0.3) is 0 Å². The van der Waals surface area contributed by atoms with E-state index in [0.29, 0.717) is 22.2 Å². The van der Waals surface area contributed by atoms with E-state index in [2.05, 4.69) is 20.8 Å². The molecule has 1 aromatic carbocycles. The number of hydrogen-bond donors (Lipinski definition) is 2. The van der Waals surface area contributed by atoms with Crippen LogP contribution in [0.4, 0.5) is 10.1 Å². The van der Waals surface area contributed by atoms with Gasteiger partial charge in [-0.1, -0.05) is 24.3 Å². The number of carbonyl (C=O) groups is 2. The molecule has 9 heteroatoms. The Morgan fingerprint density at radius 2 is 2.16 bits per heavy atom. The third-order valence-electron chi connectivity index (χ3n) is 3.22. The van der Waals surface area contributed by atoms with E-state index in [1.54, 1.807) is 6.07 Å². The fourth-order valence-corrected chi connectivity index (χ4v) is 3.42. The maximum atomic E-state index is 13.1. The molecule has 0 saturated carbocycles. The van der Waals surface area contributed by atoms with Crippen LogP contribution in [-0.4, -0.2) is 33.8 Å². The second-order valence-electron chi connectivity index (χ2n) is 5.34. The average Bonchev–Trinajstić information content (AvgIpc) is 3.03. The lowest BCUT2D eigenvalue weighted by Crippen LogP contribution is -2.33. The molecular formula is C16H19FN4O2S2. The molecule has 0 bridgehead atoms. The van der Waals surface area contributed by atoms with E-state index in [1.807, 2.05) is 13.8 Å². The minimum absolute atomic E-state index is 0.0204. The summed E-state index contributed by atoms with van der Waals surface area (Å²) in [6.45, 7) is 3.96. The van der Waals surface area contributed by atoms with Gasteiger partial charge in [-0.2, -0.15) is 0 Å². The number of benzene rings is 1. The number of nitrogens with zero attached hydrogens (tertiary/aromatic N) is 2. The van der Waals surface area contributed by atoms with Crippen molar-refractivity contribution in [3.05, 3.63) is 40.1 Å². The molecule has 1 aromatic heterocycles. The van der Waals surface area contributed by atoms with Crippen LogP contribution >= 0.6 is 23.1 Å². The van der Waals surface area contributed by atoms with Gasteiger partial charge in [0, 0.05) is 17.5 Å². The molecular weight excluding hydrogens is 363 g/mol. The highest BCUT2D eigenvalue weighted by Gasteiger charge is 2.14. The largest absolute Gasteiger partial charge is 0.353 e. The maximum absolute atomic E-state index is 13.1. The fourth-order valence-electron chi connectivity index (χ4n) is 1.80. The van der Waals surface area contributed by atoms with Crippen LogP contribution in [0, 0.1) is 5.82 Å². The first-order valence-electron chi connectivity index (χ1n) is 7.74. The molecule has 2 N–H and O–H groups in total. The van der Waals surface area contributed by atoms with Gasteiger partial charge in [0.2, 0.25) is 10.9 Å². The van der Waals surface area contributed by atoms with Crippen molar-refractivity contribution in [1.82, 2.24) is 15.5 Å². The normalized spacial score (nSPS) is 11.8. The Bertz CT molecular complexity index is 738. The monoisotopic (exact) mass is 382 g/mol. The summed E-state index contributed by atoms with van der Waals surface area (Å²) in [5, 5.41) is 14.1. The van der Waals surface area contributed by atoms with E-state index in [0.717, 1.165) is 17.8 Å². The van der Waals surface area contributed by atoms with E-state index in [-0.39, 0.29) is 17.0 Å². The summed E-state index contributed by atoms with van der Waals surface area (Å²) in [4.78, 5) is 23.8. The van der Waals surface area contributed by atoms with Gasteiger partial charge >= 0.3 is 0 Å². The van der Waals surface area contributed by atoms with Crippen molar-refractivity contribution in [2.24, 2.45) is 0 Å².